The van der Waals surface area contributed by atoms with E-state index >= 15 is 0 Å². The number of amides is 1. The lowest BCUT2D eigenvalue weighted by molar-refractivity contribution is 0.0991. The summed E-state index contributed by atoms with van der Waals surface area (Å²) in [5.74, 6) is 0.656. The topological polar surface area (TPSA) is 36.4 Å². The van der Waals surface area contributed by atoms with Crippen LogP contribution in [0.15, 0.2) is 54.2 Å². The number of fused-ring (bicyclic) bond motifs is 2. The van der Waals surface area contributed by atoms with E-state index in [0.717, 1.165) is 17.2 Å². The molecule has 22 heavy (non-hydrogen) atoms. The molecule has 0 aliphatic carbocycles. The number of aromatic nitrogens is 1. The third kappa shape index (κ3) is 2.35. The van der Waals surface area contributed by atoms with Gasteiger partial charge in [-0.2, -0.15) is 0 Å². The number of nitrogens with zero attached hydrogens (tertiary/aromatic N) is 3. The van der Waals surface area contributed by atoms with E-state index in [1.807, 2.05) is 48.2 Å². The zero-order valence-corrected chi connectivity index (χ0v) is 13.0. The summed E-state index contributed by atoms with van der Waals surface area (Å²) in [7, 11) is 0. The summed E-state index contributed by atoms with van der Waals surface area (Å²) in [4.78, 5) is 21.1. The molecule has 0 saturated heterocycles. The summed E-state index contributed by atoms with van der Waals surface area (Å²) < 4.78 is 0. The maximum absolute atomic E-state index is 13.0. The smallest absolute Gasteiger partial charge is 0.260 e. The van der Waals surface area contributed by atoms with Crippen molar-refractivity contribution >= 4 is 34.7 Å². The fourth-order valence-corrected chi connectivity index (χ4v) is 2.83. The van der Waals surface area contributed by atoms with Crippen LogP contribution >= 0.6 is 11.6 Å². The molecule has 5 heteroatoms. The molecule has 0 spiro atoms. The third-order valence-electron chi connectivity index (χ3n) is 3.63. The van der Waals surface area contributed by atoms with E-state index in [1.165, 1.54) is 0 Å². The minimum absolute atomic E-state index is 0.0948. The quantitative estimate of drug-likeness (QED) is 0.861. The first kappa shape index (κ1) is 14.6. The maximum Gasteiger partial charge on any atom is 0.260 e. The van der Waals surface area contributed by atoms with Crippen LogP contribution in [0.5, 0.6) is 0 Å². The molecule has 2 aromatic rings. The Hall–Kier alpha value is -2.33. The van der Waals surface area contributed by atoms with E-state index < -0.39 is 0 Å². The van der Waals surface area contributed by atoms with Crippen molar-refractivity contribution in [3.05, 3.63) is 59.8 Å². The number of hydrogen-bond donors (Lipinski definition) is 0. The predicted octanol–water partition coefficient (Wildman–Crippen LogP) is 3.95. The highest BCUT2D eigenvalue weighted by atomic mass is 35.5. The van der Waals surface area contributed by atoms with Crippen LogP contribution in [0.4, 0.5) is 17.2 Å². The minimum atomic E-state index is -0.0948. The van der Waals surface area contributed by atoms with Crippen molar-refractivity contribution < 1.29 is 4.79 Å². The van der Waals surface area contributed by atoms with Gasteiger partial charge in [0.05, 0.1) is 23.5 Å². The highest BCUT2D eigenvalue weighted by Crippen LogP contribution is 2.39. The fraction of sp³-hybridized carbons (Fsp3) is 0.176. The zero-order chi connectivity index (χ0) is 15.7. The number of halogens is 1. The van der Waals surface area contributed by atoms with Gasteiger partial charge in [-0.3, -0.25) is 9.69 Å². The molecule has 3 rings (SSSR count). The molecule has 1 aromatic heterocycles. The standard InChI is InChI=1S/C17H16ClN3O/c1-3-20-14-8-5-4-7-13(14)17(22)21(11-12(2)18)15-9-6-10-19-16(15)20/h4-10H,2-3,11H2,1H3. The van der Waals surface area contributed by atoms with Crippen LogP contribution in [0.3, 0.4) is 0 Å². The first-order chi connectivity index (χ1) is 10.6. The molecular formula is C17H16ClN3O. The molecule has 4 nitrogen and oxygen atoms in total. The Morgan fingerprint density at radius 1 is 1.18 bits per heavy atom. The molecule has 2 heterocycles. The van der Waals surface area contributed by atoms with E-state index in [1.54, 1.807) is 11.1 Å². The van der Waals surface area contributed by atoms with E-state index in [2.05, 4.69) is 11.6 Å². The number of para-hydroxylation sites is 1. The molecule has 1 aliphatic rings. The van der Waals surface area contributed by atoms with Gasteiger partial charge in [-0.15, -0.1) is 0 Å². The number of benzene rings is 1. The second-order valence-electron chi connectivity index (χ2n) is 5.02. The van der Waals surface area contributed by atoms with E-state index in [-0.39, 0.29) is 12.5 Å². The van der Waals surface area contributed by atoms with Gasteiger partial charge in [-0.25, -0.2) is 4.98 Å². The van der Waals surface area contributed by atoms with Crippen molar-refractivity contribution in [2.45, 2.75) is 6.92 Å². The second-order valence-corrected chi connectivity index (χ2v) is 5.55. The molecule has 0 radical (unpaired) electrons. The normalized spacial score (nSPS) is 13.5. The largest absolute Gasteiger partial charge is 0.324 e. The highest BCUT2D eigenvalue weighted by Gasteiger charge is 2.30. The number of hydrogen-bond acceptors (Lipinski definition) is 3. The summed E-state index contributed by atoms with van der Waals surface area (Å²) in [6, 6.07) is 11.3. The van der Waals surface area contributed by atoms with Crippen LogP contribution in [-0.4, -0.2) is 24.0 Å². The average molecular weight is 314 g/mol. The lowest BCUT2D eigenvalue weighted by atomic mass is 10.1. The monoisotopic (exact) mass is 313 g/mol. The molecule has 0 N–H and O–H groups in total. The number of rotatable bonds is 3. The molecule has 1 aliphatic heterocycles. The lowest BCUT2D eigenvalue weighted by Crippen LogP contribution is -2.31. The molecular weight excluding hydrogens is 298 g/mol. The molecule has 1 aromatic carbocycles. The summed E-state index contributed by atoms with van der Waals surface area (Å²) in [5.41, 5.74) is 2.24. The van der Waals surface area contributed by atoms with Crippen molar-refractivity contribution in [1.29, 1.82) is 0 Å². The Bertz CT molecular complexity index is 744. The Labute approximate surface area is 134 Å². The zero-order valence-electron chi connectivity index (χ0n) is 12.3. The van der Waals surface area contributed by atoms with Crippen molar-refractivity contribution in [3.8, 4) is 0 Å². The maximum atomic E-state index is 13.0. The van der Waals surface area contributed by atoms with Crippen LogP contribution in [0.1, 0.15) is 17.3 Å². The Morgan fingerprint density at radius 2 is 1.91 bits per heavy atom. The van der Waals surface area contributed by atoms with Gasteiger partial charge in [0, 0.05) is 17.8 Å². The Morgan fingerprint density at radius 3 is 2.64 bits per heavy atom. The average Bonchev–Trinajstić information content (AvgIpc) is 2.62. The van der Waals surface area contributed by atoms with Crippen LogP contribution in [0, 0.1) is 0 Å². The Kier molecular flexibility index (Phi) is 3.86. The van der Waals surface area contributed by atoms with Crippen LogP contribution in [0.2, 0.25) is 0 Å². The molecule has 0 saturated carbocycles. The van der Waals surface area contributed by atoms with Crippen LogP contribution in [0.25, 0.3) is 0 Å². The van der Waals surface area contributed by atoms with Gasteiger partial charge in [-0.1, -0.05) is 30.3 Å². The number of carbonyl (C=O) groups is 1. The van der Waals surface area contributed by atoms with Crippen molar-refractivity contribution in [1.82, 2.24) is 4.98 Å². The molecule has 0 atom stereocenters. The first-order valence-corrected chi connectivity index (χ1v) is 7.48. The van der Waals surface area contributed by atoms with Gasteiger partial charge < -0.3 is 4.90 Å². The number of carbonyl (C=O) groups excluding carboxylic acids is 1. The number of pyridine rings is 1. The van der Waals surface area contributed by atoms with Crippen LogP contribution < -0.4 is 9.80 Å². The summed E-state index contributed by atoms with van der Waals surface area (Å²) in [6.45, 7) is 6.72. The summed E-state index contributed by atoms with van der Waals surface area (Å²) >= 11 is 5.97. The van der Waals surface area contributed by atoms with Gasteiger partial charge >= 0.3 is 0 Å². The second kappa shape index (κ2) is 5.81. The molecule has 0 bridgehead atoms. The van der Waals surface area contributed by atoms with E-state index in [0.29, 0.717) is 17.1 Å². The first-order valence-electron chi connectivity index (χ1n) is 7.10. The highest BCUT2D eigenvalue weighted by molar-refractivity contribution is 6.30. The fourth-order valence-electron chi connectivity index (χ4n) is 2.71. The summed E-state index contributed by atoms with van der Waals surface area (Å²) in [6.07, 6.45) is 1.73. The minimum Gasteiger partial charge on any atom is -0.324 e. The number of anilines is 3. The van der Waals surface area contributed by atoms with Crippen molar-refractivity contribution in [3.63, 3.8) is 0 Å². The van der Waals surface area contributed by atoms with E-state index in [4.69, 9.17) is 11.6 Å². The molecule has 1 amide bonds. The van der Waals surface area contributed by atoms with Crippen LogP contribution in [-0.2, 0) is 0 Å². The van der Waals surface area contributed by atoms with Gasteiger partial charge in [0.1, 0.15) is 0 Å². The van der Waals surface area contributed by atoms with Crippen molar-refractivity contribution in [2.24, 2.45) is 0 Å². The van der Waals surface area contributed by atoms with E-state index in [9.17, 15) is 4.79 Å². The van der Waals surface area contributed by atoms with Gasteiger partial charge in [-0.05, 0) is 31.2 Å². The SMILES string of the molecule is C=C(Cl)CN1C(=O)c2ccccc2N(CC)c2ncccc21. The molecule has 0 fully saturated rings. The van der Waals surface area contributed by atoms with Gasteiger partial charge in [0.2, 0.25) is 0 Å². The van der Waals surface area contributed by atoms with Gasteiger partial charge in [0.25, 0.3) is 5.91 Å². The lowest BCUT2D eigenvalue weighted by Gasteiger charge is -2.24. The molecule has 0 unspecified atom stereocenters. The Balaban J connectivity index is 2.27. The predicted molar refractivity (Wildman–Crippen MR) is 90.0 cm³/mol. The third-order valence-corrected chi connectivity index (χ3v) is 3.75. The van der Waals surface area contributed by atoms with Gasteiger partial charge in [0.15, 0.2) is 5.82 Å². The van der Waals surface area contributed by atoms with Crippen molar-refractivity contribution in [2.75, 3.05) is 22.9 Å². The summed E-state index contributed by atoms with van der Waals surface area (Å²) in [5, 5.41) is 0.408. The molecule has 112 valence electrons.